The summed E-state index contributed by atoms with van der Waals surface area (Å²) in [5, 5.41) is 4.58. The normalized spacial score (nSPS) is 13.4. The summed E-state index contributed by atoms with van der Waals surface area (Å²) < 4.78 is 16.1. The summed E-state index contributed by atoms with van der Waals surface area (Å²) >= 11 is 0. The molecule has 1 amide bonds. The molecule has 0 radical (unpaired) electrons. The molecule has 0 saturated heterocycles. The van der Waals surface area contributed by atoms with E-state index in [-0.39, 0.29) is 30.2 Å². The number of aryl methyl sites for hydroxylation is 1. The Balaban J connectivity index is 1.32. The van der Waals surface area contributed by atoms with Crippen LogP contribution < -0.4 is 5.56 Å². The Bertz CT molecular complexity index is 1330. The predicted octanol–water partition coefficient (Wildman–Crippen LogP) is 2.70. The van der Waals surface area contributed by atoms with Crippen molar-refractivity contribution in [2.24, 2.45) is 0 Å². The maximum absolute atomic E-state index is 13.2. The second-order valence-electron chi connectivity index (χ2n) is 7.60. The number of carbonyl (C=O) groups excluding carboxylic acids is 1. The molecule has 0 N–H and O–H groups in total. The highest BCUT2D eigenvalue weighted by Crippen LogP contribution is 2.19. The second-order valence-corrected chi connectivity index (χ2v) is 7.60. The minimum atomic E-state index is -0.350. The van der Waals surface area contributed by atoms with E-state index in [1.54, 1.807) is 12.1 Å². The summed E-state index contributed by atoms with van der Waals surface area (Å²) in [6.07, 6.45) is 3.96. The van der Waals surface area contributed by atoms with Crippen molar-refractivity contribution < 1.29 is 9.18 Å². The first kappa shape index (κ1) is 19.2. The Morgan fingerprint density at radius 2 is 1.84 bits per heavy atom. The lowest BCUT2D eigenvalue weighted by atomic mass is 10.00. The van der Waals surface area contributed by atoms with Crippen molar-refractivity contribution >= 4 is 16.9 Å². The van der Waals surface area contributed by atoms with E-state index in [0.29, 0.717) is 29.8 Å². The van der Waals surface area contributed by atoms with E-state index < -0.39 is 0 Å². The summed E-state index contributed by atoms with van der Waals surface area (Å²) in [6.45, 7) is 1.54. The average Bonchev–Trinajstić information content (AvgIpc) is 3.23. The first-order valence-electron chi connectivity index (χ1n) is 10.1. The van der Waals surface area contributed by atoms with Crippen LogP contribution in [0.25, 0.3) is 16.7 Å². The van der Waals surface area contributed by atoms with Crippen LogP contribution in [0.15, 0.2) is 65.8 Å². The topological polar surface area (TPSA) is 73.0 Å². The van der Waals surface area contributed by atoms with E-state index in [0.717, 1.165) is 6.42 Å². The van der Waals surface area contributed by atoms with Gasteiger partial charge in [-0.1, -0.05) is 24.3 Å². The van der Waals surface area contributed by atoms with Crippen LogP contribution in [0.2, 0.25) is 0 Å². The molecule has 0 saturated carbocycles. The van der Waals surface area contributed by atoms with Crippen LogP contribution in [0.4, 0.5) is 4.39 Å². The molecule has 5 rings (SSSR count). The van der Waals surface area contributed by atoms with Gasteiger partial charge in [0.25, 0.3) is 5.56 Å². The molecule has 7 nitrogen and oxygen atoms in total. The van der Waals surface area contributed by atoms with Crippen LogP contribution in [-0.4, -0.2) is 36.7 Å². The van der Waals surface area contributed by atoms with Crippen LogP contribution >= 0.6 is 0 Å². The van der Waals surface area contributed by atoms with Crippen LogP contribution in [0, 0.1) is 5.82 Å². The lowest BCUT2D eigenvalue weighted by molar-refractivity contribution is -0.132. The molecule has 2 aromatic carbocycles. The molecule has 0 bridgehead atoms. The second kappa shape index (κ2) is 7.79. The van der Waals surface area contributed by atoms with Gasteiger partial charge < -0.3 is 4.90 Å². The fourth-order valence-corrected chi connectivity index (χ4v) is 3.96. The summed E-state index contributed by atoms with van der Waals surface area (Å²) in [7, 11) is 0. The summed E-state index contributed by atoms with van der Waals surface area (Å²) in [5.41, 5.74) is 3.22. The molecular formula is C23H20FN5O2. The molecule has 0 atom stereocenters. The van der Waals surface area contributed by atoms with Crippen molar-refractivity contribution in [3.63, 3.8) is 0 Å². The van der Waals surface area contributed by atoms with Crippen LogP contribution in [0.1, 0.15) is 17.5 Å². The minimum Gasteiger partial charge on any atom is -0.338 e. The molecule has 3 heterocycles. The summed E-state index contributed by atoms with van der Waals surface area (Å²) in [6, 6.07) is 14.0. The number of aromatic nitrogens is 4. The third-order valence-corrected chi connectivity index (χ3v) is 5.68. The van der Waals surface area contributed by atoms with E-state index in [2.05, 4.69) is 22.2 Å². The Hall–Kier alpha value is -3.81. The van der Waals surface area contributed by atoms with E-state index in [4.69, 9.17) is 0 Å². The van der Waals surface area contributed by atoms with Crippen LogP contribution in [0.3, 0.4) is 0 Å². The third-order valence-electron chi connectivity index (χ3n) is 5.68. The van der Waals surface area contributed by atoms with Crippen molar-refractivity contribution in [1.29, 1.82) is 0 Å². The molecule has 0 aliphatic carbocycles. The molecular weight excluding hydrogens is 397 g/mol. The highest BCUT2D eigenvalue weighted by atomic mass is 19.1. The van der Waals surface area contributed by atoms with Crippen molar-refractivity contribution in [2.75, 3.05) is 6.54 Å². The smallest absolute Gasteiger partial charge is 0.264 e. The van der Waals surface area contributed by atoms with E-state index in [9.17, 15) is 14.0 Å². The van der Waals surface area contributed by atoms with Gasteiger partial charge in [0.15, 0.2) is 5.65 Å². The first-order valence-corrected chi connectivity index (χ1v) is 10.1. The standard InChI is InChI=1S/C23H20FN5O2/c24-18-5-7-19(8-6-18)29-22-20(13-26-29)23(31)28(15-25-22)12-10-21(30)27-11-9-16-3-1-2-4-17(16)14-27/h1-8,13,15H,9-12,14H2. The maximum Gasteiger partial charge on any atom is 0.264 e. The quantitative estimate of drug-likeness (QED) is 0.512. The van der Waals surface area contributed by atoms with Gasteiger partial charge in [0, 0.05) is 26.1 Å². The van der Waals surface area contributed by atoms with Gasteiger partial charge in [0.2, 0.25) is 5.91 Å². The van der Waals surface area contributed by atoms with Gasteiger partial charge in [-0.2, -0.15) is 5.10 Å². The van der Waals surface area contributed by atoms with E-state index in [1.807, 2.05) is 17.0 Å². The molecule has 0 unspecified atom stereocenters. The maximum atomic E-state index is 13.2. The Kier molecular flexibility index (Phi) is 4.82. The number of hydrogen-bond acceptors (Lipinski definition) is 4. The highest BCUT2D eigenvalue weighted by molar-refractivity contribution is 5.77. The Morgan fingerprint density at radius 3 is 2.65 bits per heavy atom. The van der Waals surface area contributed by atoms with Crippen molar-refractivity contribution in [3.05, 3.63) is 88.4 Å². The number of rotatable bonds is 4. The molecule has 1 aliphatic rings. The lowest BCUT2D eigenvalue weighted by Gasteiger charge is -2.29. The zero-order valence-corrected chi connectivity index (χ0v) is 16.7. The monoisotopic (exact) mass is 417 g/mol. The predicted molar refractivity (Wildman–Crippen MR) is 113 cm³/mol. The van der Waals surface area contributed by atoms with Crippen molar-refractivity contribution in [1.82, 2.24) is 24.2 Å². The Morgan fingerprint density at radius 1 is 1.06 bits per heavy atom. The number of amides is 1. The SMILES string of the molecule is O=C(CCn1cnc2c(cnn2-c2ccc(F)cc2)c1=O)N1CCc2ccccc2C1. The van der Waals surface area contributed by atoms with Gasteiger partial charge >= 0.3 is 0 Å². The number of nitrogens with zero attached hydrogens (tertiary/aromatic N) is 5. The van der Waals surface area contributed by atoms with Gasteiger partial charge in [-0.15, -0.1) is 0 Å². The van der Waals surface area contributed by atoms with E-state index in [1.165, 1.54) is 45.0 Å². The number of benzene rings is 2. The molecule has 31 heavy (non-hydrogen) atoms. The summed E-state index contributed by atoms with van der Waals surface area (Å²) in [4.78, 5) is 31.8. The lowest BCUT2D eigenvalue weighted by Crippen LogP contribution is -2.36. The van der Waals surface area contributed by atoms with Gasteiger partial charge in [-0.3, -0.25) is 14.2 Å². The van der Waals surface area contributed by atoms with Crippen molar-refractivity contribution in [2.45, 2.75) is 25.9 Å². The number of halogens is 1. The fraction of sp³-hybridized carbons (Fsp3) is 0.217. The van der Waals surface area contributed by atoms with Crippen molar-refractivity contribution in [3.8, 4) is 5.69 Å². The van der Waals surface area contributed by atoms with Gasteiger partial charge in [0.1, 0.15) is 11.2 Å². The van der Waals surface area contributed by atoms with Crippen LogP contribution in [-0.2, 0) is 24.3 Å². The Labute approximate surface area is 177 Å². The zero-order chi connectivity index (χ0) is 21.4. The van der Waals surface area contributed by atoms with Gasteiger partial charge in [0.05, 0.1) is 18.2 Å². The average molecular weight is 417 g/mol. The molecule has 156 valence electrons. The number of hydrogen-bond donors (Lipinski definition) is 0. The van der Waals surface area contributed by atoms with Gasteiger partial charge in [-0.25, -0.2) is 14.1 Å². The number of fused-ring (bicyclic) bond motifs is 2. The molecule has 4 aromatic rings. The first-order chi connectivity index (χ1) is 15.1. The third kappa shape index (κ3) is 3.61. The molecule has 0 spiro atoms. The largest absolute Gasteiger partial charge is 0.338 e. The van der Waals surface area contributed by atoms with E-state index >= 15 is 0 Å². The molecule has 0 fully saturated rings. The summed E-state index contributed by atoms with van der Waals surface area (Å²) in [5.74, 6) is -0.333. The van der Waals surface area contributed by atoms with Gasteiger partial charge in [-0.05, 0) is 41.8 Å². The molecule has 2 aromatic heterocycles. The number of carbonyl (C=O) groups is 1. The highest BCUT2D eigenvalue weighted by Gasteiger charge is 2.20. The minimum absolute atomic E-state index is 0.0171. The molecule has 8 heteroatoms. The zero-order valence-electron chi connectivity index (χ0n) is 16.7. The van der Waals surface area contributed by atoms with Crippen LogP contribution in [0.5, 0.6) is 0 Å². The molecule has 1 aliphatic heterocycles. The fourth-order valence-electron chi connectivity index (χ4n) is 3.96.